The van der Waals surface area contributed by atoms with Crippen molar-refractivity contribution in [3.8, 4) is 5.75 Å². The first-order chi connectivity index (χ1) is 15.8. The summed E-state index contributed by atoms with van der Waals surface area (Å²) in [5.41, 5.74) is 1.38. The number of hydrogen-bond donors (Lipinski definition) is 0. The predicted octanol–water partition coefficient (Wildman–Crippen LogP) is 3.72. The minimum Gasteiger partial charge on any atom is -0.492 e. The number of methoxy groups -OCH3 is 1. The van der Waals surface area contributed by atoms with Crippen LogP contribution in [0.15, 0.2) is 28.8 Å². The number of hydrogen-bond acceptors (Lipinski definition) is 7. The maximum atomic E-state index is 6.12. The molecule has 0 amide bonds. The Kier molecular flexibility index (Phi) is 8.94. The zero-order valence-corrected chi connectivity index (χ0v) is 19.5. The third-order valence-electron chi connectivity index (χ3n) is 6.66. The normalized spacial score (nSPS) is 21.8. The summed E-state index contributed by atoms with van der Waals surface area (Å²) < 4.78 is 16.7. The molecule has 2 aliphatic heterocycles. The van der Waals surface area contributed by atoms with E-state index in [0.717, 1.165) is 31.3 Å². The number of rotatable bonds is 5. The van der Waals surface area contributed by atoms with Crippen LogP contribution >= 0.6 is 0 Å². The molecule has 3 heterocycles. The van der Waals surface area contributed by atoms with Crippen LogP contribution in [0.5, 0.6) is 5.75 Å². The molecule has 176 valence electrons. The van der Waals surface area contributed by atoms with Crippen LogP contribution in [-0.4, -0.2) is 72.5 Å². The molecular weight excluding hydrogens is 404 g/mol. The molecule has 0 spiro atoms. The zero-order chi connectivity index (χ0) is 22.0. The topological polar surface area (TPSA) is 63.9 Å². The van der Waals surface area contributed by atoms with Gasteiger partial charge >= 0.3 is 0 Å². The highest BCUT2D eigenvalue weighted by Crippen LogP contribution is 2.23. The Bertz CT molecular complexity index is 812. The summed E-state index contributed by atoms with van der Waals surface area (Å²) >= 11 is 0. The second-order valence-corrected chi connectivity index (χ2v) is 9.05. The molecule has 32 heavy (non-hydrogen) atoms. The molecule has 1 aromatic carbocycles. The largest absolute Gasteiger partial charge is 0.492 e. The summed E-state index contributed by atoms with van der Waals surface area (Å²) in [5.74, 6) is 2.36. The molecule has 2 bridgehead atoms. The Morgan fingerprint density at radius 1 is 1.06 bits per heavy atom. The van der Waals surface area contributed by atoms with Gasteiger partial charge in [-0.25, -0.2) is 0 Å². The number of fused-ring (bicyclic) bond motifs is 3. The van der Waals surface area contributed by atoms with E-state index in [9.17, 15) is 0 Å². The van der Waals surface area contributed by atoms with Crippen molar-refractivity contribution in [2.24, 2.45) is 0 Å². The highest BCUT2D eigenvalue weighted by molar-refractivity contribution is 5.28. The first-order valence-corrected chi connectivity index (χ1v) is 12.3. The summed E-state index contributed by atoms with van der Waals surface area (Å²) in [5, 5.41) is 4.09. The molecule has 1 aromatic heterocycles. The molecule has 1 atom stereocenters. The van der Waals surface area contributed by atoms with Crippen molar-refractivity contribution < 1.29 is 14.0 Å². The Labute approximate surface area is 192 Å². The third kappa shape index (κ3) is 7.02. The fourth-order valence-corrected chi connectivity index (χ4v) is 4.86. The van der Waals surface area contributed by atoms with Gasteiger partial charge in [-0.15, -0.1) is 0 Å². The van der Waals surface area contributed by atoms with Gasteiger partial charge in [0.05, 0.1) is 13.2 Å². The first kappa shape index (κ1) is 23.2. The maximum Gasteiger partial charge on any atom is 0.240 e. The van der Waals surface area contributed by atoms with Crippen molar-refractivity contribution in [2.75, 3.05) is 46.5 Å². The van der Waals surface area contributed by atoms with Gasteiger partial charge in [-0.05, 0) is 75.9 Å². The summed E-state index contributed by atoms with van der Waals surface area (Å²) in [6.45, 7) is 6.23. The van der Waals surface area contributed by atoms with Gasteiger partial charge in [0.1, 0.15) is 12.4 Å². The molecule has 0 radical (unpaired) electrons. The quantitative estimate of drug-likeness (QED) is 0.699. The van der Waals surface area contributed by atoms with Crippen molar-refractivity contribution in [1.29, 1.82) is 0 Å². The SMILES string of the molecule is COCCc1noc(CN2CCCCN3CCCCC3CCc3cccc(c3)OCC2)n1. The van der Waals surface area contributed by atoms with E-state index in [-0.39, 0.29) is 0 Å². The number of piperidine rings is 1. The molecular formula is C25H38N4O3. The molecule has 1 fully saturated rings. The van der Waals surface area contributed by atoms with Crippen LogP contribution in [0.2, 0.25) is 0 Å². The Morgan fingerprint density at radius 3 is 2.84 bits per heavy atom. The second-order valence-electron chi connectivity index (χ2n) is 9.05. The zero-order valence-electron chi connectivity index (χ0n) is 19.5. The van der Waals surface area contributed by atoms with Gasteiger partial charge in [0.25, 0.3) is 0 Å². The Hall–Kier alpha value is -1.96. The van der Waals surface area contributed by atoms with E-state index in [4.69, 9.17) is 14.0 Å². The van der Waals surface area contributed by atoms with Gasteiger partial charge in [0.15, 0.2) is 5.82 Å². The van der Waals surface area contributed by atoms with Crippen molar-refractivity contribution in [1.82, 2.24) is 19.9 Å². The van der Waals surface area contributed by atoms with Crippen LogP contribution in [0, 0.1) is 0 Å². The number of aryl methyl sites for hydroxylation is 1. The van der Waals surface area contributed by atoms with Crippen LogP contribution < -0.4 is 4.74 Å². The average Bonchev–Trinajstić information content (AvgIpc) is 3.26. The van der Waals surface area contributed by atoms with Crippen molar-refractivity contribution in [3.05, 3.63) is 41.5 Å². The van der Waals surface area contributed by atoms with Gasteiger partial charge in [-0.3, -0.25) is 4.90 Å². The molecule has 7 heteroatoms. The summed E-state index contributed by atoms with van der Waals surface area (Å²) in [7, 11) is 1.69. The van der Waals surface area contributed by atoms with E-state index in [1.165, 1.54) is 57.2 Å². The molecule has 2 aromatic rings. The molecule has 7 nitrogen and oxygen atoms in total. The standard InChI is InChI=1S/C25H38N4O3/c1-30-17-12-24-26-25(32-27-24)20-28-13-4-5-15-29-14-3-2-8-22(29)11-10-21-7-6-9-23(19-21)31-18-16-28/h6-7,9,19,22H,2-5,8,10-18,20H2,1H3. The Morgan fingerprint density at radius 2 is 1.94 bits per heavy atom. The summed E-state index contributed by atoms with van der Waals surface area (Å²) in [6.07, 6.45) is 9.50. The molecule has 0 N–H and O–H groups in total. The van der Waals surface area contributed by atoms with Crippen molar-refractivity contribution in [3.63, 3.8) is 0 Å². The van der Waals surface area contributed by atoms with Crippen molar-refractivity contribution >= 4 is 0 Å². The summed E-state index contributed by atoms with van der Waals surface area (Å²) in [4.78, 5) is 9.66. The molecule has 4 rings (SSSR count). The fraction of sp³-hybridized carbons (Fsp3) is 0.680. The van der Waals surface area contributed by atoms with Crippen molar-refractivity contribution in [2.45, 2.75) is 64.0 Å². The number of nitrogens with zero attached hydrogens (tertiary/aromatic N) is 4. The van der Waals surface area contributed by atoms with Crippen LogP contribution in [0.3, 0.4) is 0 Å². The summed E-state index contributed by atoms with van der Waals surface area (Å²) in [6, 6.07) is 9.37. The number of aromatic nitrogens is 2. The highest BCUT2D eigenvalue weighted by Gasteiger charge is 2.22. The minimum absolute atomic E-state index is 0.604. The van der Waals surface area contributed by atoms with Crippen LogP contribution in [0.1, 0.15) is 55.8 Å². The lowest BCUT2D eigenvalue weighted by Crippen LogP contribution is -2.40. The van der Waals surface area contributed by atoms with Gasteiger partial charge < -0.3 is 18.9 Å². The fourth-order valence-electron chi connectivity index (χ4n) is 4.86. The van der Waals surface area contributed by atoms with E-state index in [1.807, 2.05) is 0 Å². The third-order valence-corrected chi connectivity index (χ3v) is 6.66. The lowest BCUT2D eigenvalue weighted by Gasteiger charge is -2.36. The number of ether oxygens (including phenoxy) is 2. The number of benzene rings is 1. The van der Waals surface area contributed by atoms with E-state index in [0.29, 0.717) is 37.9 Å². The molecule has 0 aliphatic carbocycles. The Balaban J connectivity index is 1.40. The van der Waals surface area contributed by atoms with Crippen LogP contribution in [0.25, 0.3) is 0 Å². The second kappa shape index (κ2) is 12.3. The first-order valence-electron chi connectivity index (χ1n) is 12.3. The maximum absolute atomic E-state index is 6.12. The van der Waals surface area contributed by atoms with Gasteiger partial charge in [0, 0.05) is 26.1 Å². The van der Waals surface area contributed by atoms with Gasteiger partial charge in [-0.2, -0.15) is 4.98 Å². The van der Waals surface area contributed by atoms with Gasteiger partial charge in [0.2, 0.25) is 5.89 Å². The van der Waals surface area contributed by atoms with E-state index < -0.39 is 0 Å². The van der Waals surface area contributed by atoms with Crippen LogP contribution in [0.4, 0.5) is 0 Å². The molecule has 0 saturated carbocycles. The monoisotopic (exact) mass is 442 g/mol. The lowest BCUT2D eigenvalue weighted by molar-refractivity contribution is 0.133. The molecule has 1 unspecified atom stereocenters. The van der Waals surface area contributed by atoms with E-state index >= 15 is 0 Å². The predicted molar refractivity (Wildman–Crippen MR) is 124 cm³/mol. The van der Waals surface area contributed by atoms with Crippen LogP contribution in [-0.2, 0) is 24.1 Å². The van der Waals surface area contributed by atoms with Gasteiger partial charge in [-0.1, -0.05) is 23.7 Å². The minimum atomic E-state index is 0.604. The lowest BCUT2D eigenvalue weighted by atomic mass is 9.95. The highest BCUT2D eigenvalue weighted by atomic mass is 16.5. The van der Waals surface area contributed by atoms with E-state index in [1.54, 1.807) is 7.11 Å². The van der Waals surface area contributed by atoms with E-state index in [2.05, 4.69) is 44.2 Å². The smallest absolute Gasteiger partial charge is 0.240 e. The molecule has 2 aliphatic rings. The average molecular weight is 443 g/mol. The molecule has 1 saturated heterocycles.